The van der Waals surface area contributed by atoms with Crippen molar-refractivity contribution in [2.75, 3.05) is 26.2 Å². The van der Waals surface area contributed by atoms with Gasteiger partial charge in [-0.1, -0.05) is 62.4 Å². The number of likely N-dealkylation sites (N-methyl/N-ethyl adjacent to an activating group) is 1. The second kappa shape index (κ2) is 20.7. The number of nitrogens with zero attached hydrogens (tertiary/aromatic N) is 4. The first-order valence-electron chi connectivity index (χ1n) is 18.5. The van der Waals surface area contributed by atoms with Crippen LogP contribution in [-0.2, 0) is 46.5 Å². The van der Waals surface area contributed by atoms with Crippen molar-refractivity contribution in [1.82, 2.24) is 19.4 Å². The molecule has 1 amide bonds. The van der Waals surface area contributed by atoms with Crippen LogP contribution in [0.25, 0.3) is 22.0 Å². The van der Waals surface area contributed by atoms with Crippen molar-refractivity contribution in [1.29, 1.82) is 0 Å². The van der Waals surface area contributed by atoms with Crippen LogP contribution < -0.4 is 5.56 Å². The molecule has 1 heterocycles. The van der Waals surface area contributed by atoms with E-state index in [9.17, 15) is 45.5 Å². The molecule has 18 heteroatoms. The van der Waals surface area contributed by atoms with Crippen LogP contribution in [0.3, 0.4) is 0 Å². The summed E-state index contributed by atoms with van der Waals surface area (Å²) in [6.07, 6.45) is -8.97. The van der Waals surface area contributed by atoms with E-state index in [1.165, 1.54) is 41.0 Å². The number of halogens is 6. The number of carbonyl (C=O) groups is 3. The Hall–Kier alpha value is -6.11. The molecule has 0 fully saturated rings. The second-order valence-electron chi connectivity index (χ2n) is 13.5. The number of carbonyl (C=O) groups excluding carboxylic acids is 1. The van der Waals surface area contributed by atoms with Crippen LogP contribution >= 0.6 is 0 Å². The Balaban J connectivity index is 0.000000703. The topological polar surface area (TPSA) is 174 Å². The predicted octanol–water partition coefficient (Wildman–Crippen LogP) is 5.53. The van der Waals surface area contributed by atoms with Gasteiger partial charge in [0.25, 0.3) is 5.56 Å². The molecule has 5 rings (SSSR count). The molecule has 4 N–H and O–H groups in total. The molecule has 0 spiro atoms. The summed E-state index contributed by atoms with van der Waals surface area (Å²) in [5.41, 5.74) is 1.01. The van der Waals surface area contributed by atoms with Crippen LogP contribution in [0.4, 0.5) is 26.3 Å². The van der Waals surface area contributed by atoms with Gasteiger partial charge in [0.2, 0.25) is 5.91 Å². The Morgan fingerprint density at radius 3 is 1.92 bits per heavy atom. The first kappa shape index (κ1) is 46.6. The lowest BCUT2D eigenvalue weighted by molar-refractivity contribution is -0.165. The van der Waals surface area contributed by atoms with Crippen molar-refractivity contribution in [3.8, 4) is 11.1 Å². The van der Waals surface area contributed by atoms with Gasteiger partial charge in [-0.05, 0) is 78.2 Å². The minimum absolute atomic E-state index is 0.00106. The minimum atomic E-state index is -4.43. The largest absolute Gasteiger partial charge is 0.479 e. The summed E-state index contributed by atoms with van der Waals surface area (Å²) in [6.45, 7) is 6.42. The zero-order chi connectivity index (χ0) is 44.3. The van der Waals surface area contributed by atoms with Gasteiger partial charge in [0.05, 0.1) is 16.5 Å². The Kier molecular flexibility index (Phi) is 16.1. The first-order valence-corrected chi connectivity index (χ1v) is 18.5. The van der Waals surface area contributed by atoms with Crippen molar-refractivity contribution in [2.24, 2.45) is 0 Å². The van der Waals surface area contributed by atoms with Gasteiger partial charge in [-0.2, -0.15) is 18.2 Å². The number of aliphatic carboxylic acids is 2. The Morgan fingerprint density at radius 1 is 0.783 bits per heavy atom. The highest BCUT2D eigenvalue weighted by Crippen LogP contribution is 2.31. The lowest BCUT2D eigenvalue weighted by Crippen LogP contribution is -2.40. The molecule has 0 aliphatic rings. The minimum Gasteiger partial charge on any atom is -0.479 e. The molecule has 320 valence electrons. The number of carboxylic acids is 2. The summed E-state index contributed by atoms with van der Waals surface area (Å²) in [5.74, 6) is -6.36. The lowest BCUT2D eigenvalue weighted by atomic mass is 10.0. The van der Waals surface area contributed by atoms with Gasteiger partial charge in [0, 0.05) is 26.1 Å². The summed E-state index contributed by atoms with van der Waals surface area (Å²) in [5, 5.41) is 32.5. The molecular weight excluding hydrogens is 802 g/mol. The number of hydrogen-bond acceptors (Lipinski definition) is 8. The van der Waals surface area contributed by atoms with E-state index in [1.807, 2.05) is 26.0 Å². The van der Waals surface area contributed by atoms with E-state index in [4.69, 9.17) is 20.4 Å². The van der Waals surface area contributed by atoms with Crippen LogP contribution in [0.2, 0.25) is 0 Å². The molecule has 12 nitrogen and oxygen atoms in total. The zero-order valence-electron chi connectivity index (χ0n) is 32.4. The van der Waals surface area contributed by atoms with E-state index in [2.05, 4.69) is 9.88 Å². The molecule has 2 atom stereocenters. The molecule has 0 radical (unpaired) electrons. The number of benzene rings is 4. The van der Waals surface area contributed by atoms with Crippen molar-refractivity contribution in [2.45, 2.75) is 58.2 Å². The van der Waals surface area contributed by atoms with Crippen LogP contribution in [-0.4, -0.2) is 96.0 Å². The van der Waals surface area contributed by atoms with Crippen molar-refractivity contribution in [3.63, 3.8) is 0 Å². The number of fused-ring (bicyclic) bond motifs is 1. The highest BCUT2D eigenvalue weighted by Gasteiger charge is 2.30. The summed E-state index contributed by atoms with van der Waals surface area (Å²) in [6, 6.07) is 19.5. The third-order valence-electron chi connectivity index (χ3n) is 9.58. The lowest BCUT2D eigenvalue weighted by Gasteiger charge is -2.28. The van der Waals surface area contributed by atoms with E-state index in [1.54, 1.807) is 17.0 Å². The molecule has 4 aromatic carbocycles. The maximum absolute atomic E-state index is 14.5. The Labute approximate surface area is 339 Å². The molecular formula is C42H42F6N4O8. The average Bonchev–Trinajstić information content (AvgIpc) is 3.22. The number of amides is 1. The van der Waals surface area contributed by atoms with Gasteiger partial charge in [-0.25, -0.2) is 22.8 Å². The predicted molar refractivity (Wildman–Crippen MR) is 207 cm³/mol. The standard InChI is InChI=1S/C38H36F6N4O2.C4H6O6/c1-3-46(4-2)20-21-47(23-25-8-10-26(11-9-25)27-12-15-29(16-13-27)38(42,43)44)35(49)24-48-33-18-17-30(39)22-31(33)37(50)45-34(48)19-14-28-6-5-7-32(40)36(28)41;5-1(3(7)8)2(6)4(9)10/h5-13,15-18,22H,3-4,14,19-21,23-24H2,1-2H3;1-2,5-6H,(H,7,8)(H,9,10)/t;1-,2-/m.1/s1. The molecule has 0 saturated carbocycles. The van der Waals surface area contributed by atoms with Crippen molar-refractivity contribution >= 4 is 28.7 Å². The maximum atomic E-state index is 14.5. The van der Waals surface area contributed by atoms with Crippen molar-refractivity contribution < 1.29 is 61.2 Å². The van der Waals surface area contributed by atoms with Gasteiger partial charge >= 0.3 is 18.1 Å². The van der Waals surface area contributed by atoms with Crippen LogP contribution in [0.1, 0.15) is 36.4 Å². The van der Waals surface area contributed by atoms with Crippen LogP contribution in [0.5, 0.6) is 0 Å². The van der Waals surface area contributed by atoms with Crippen LogP contribution in [0.15, 0.2) is 89.7 Å². The summed E-state index contributed by atoms with van der Waals surface area (Å²) in [7, 11) is 0. The third kappa shape index (κ3) is 12.2. The maximum Gasteiger partial charge on any atom is 0.416 e. The molecule has 0 saturated heterocycles. The Morgan fingerprint density at radius 2 is 1.37 bits per heavy atom. The number of aliphatic hydroxyl groups excluding tert-OH is 2. The highest BCUT2D eigenvalue weighted by atomic mass is 19.4. The second-order valence-corrected chi connectivity index (χ2v) is 13.5. The number of rotatable bonds is 16. The fourth-order valence-corrected chi connectivity index (χ4v) is 6.12. The fourth-order valence-electron chi connectivity index (χ4n) is 6.12. The van der Waals surface area contributed by atoms with Gasteiger partial charge in [-0.15, -0.1) is 0 Å². The number of aryl methyl sites for hydroxylation is 2. The molecule has 0 bridgehead atoms. The zero-order valence-corrected chi connectivity index (χ0v) is 32.4. The quantitative estimate of drug-likeness (QED) is 0.0926. The van der Waals surface area contributed by atoms with E-state index < -0.39 is 58.9 Å². The summed E-state index contributed by atoms with van der Waals surface area (Å²) < 4.78 is 83.2. The number of alkyl halides is 3. The normalized spacial score (nSPS) is 12.4. The van der Waals surface area contributed by atoms with Crippen molar-refractivity contribution in [3.05, 3.63) is 135 Å². The molecule has 0 aliphatic heterocycles. The number of aromatic nitrogens is 2. The average molecular weight is 845 g/mol. The molecule has 60 heavy (non-hydrogen) atoms. The number of carboxylic acid groups (broad SMARTS) is 2. The van der Waals surface area contributed by atoms with Gasteiger partial charge in [0.1, 0.15) is 18.2 Å². The molecule has 0 unspecified atom stereocenters. The van der Waals surface area contributed by atoms with E-state index in [-0.39, 0.29) is 54.1 Å². The molecule has 1 aromatic heterocycles. The SMILES string of the molecule is CCN(CC)CCN(Cc1ccc(-c2ccc(C(F)(F)F)cc2)cc1)C(=O)Cn1c(CCc2cccc(F)c2F)nc(=O)c2cc(F)ccc21.O=C(O)[C@H](O)[C@@H](O)C(=O)O. The summed E-state index contributed by atoms with van der Waals surface area (Å²) in [4.78, 5) is 54.6. The molecule has 0 aliphatic carbocycles. The third-order valence-corrected chi connectivity index (χ3v) is 9.58. The monoisotopic (exact) mass is 844 g/mol. The van der Waals surface area contributed by atoms with Gasteiger partial charge in [-0.3, -0.25) is 9.59 Å². The highest BCUT2D eigenvalue weighted by molar-refractivity contribution is 5.83. The Bertz CT molecular complexity index is 2320. The van der Waals surface area contributed by atoms with E-state index in [0.29, 0.717) is 24.2 Å². The van der Waals surface area contributed by atoms with E-state index >= 15 is 0 Å². The fraction of sp³-hybridized carbons (Fsp3) is 0.310. The number of aliphatic hydroxyl groups is 2. The van der Waals surface area contributed by atoms with Gasteiger partial charge < -0.3 is 34.8 Å². The molecule has 5 aromatic rings. The first-order chi connectivity index (χ1) is 28.3. The summed E-state index contributed by atoms with van der Waals surface area (Å²) >= 11 is 0. The number of hydrogen-bond donors (Lipinski definition) is 4. The van der Waals surface area contributed by atoms with Crippen LogP contribution in [0, 0.1) is 17.5 Å². The van der Waals surface area contributed by atoms with E-state index in [0.717, 1.165) is 42.9 Å². The van der Waals surface area contributed by atoms with Gasteiger partial charge in [0.15, 0.2) is 23.8 Å². The smallest absolute Gasteiger partial charge is 0.416 e.